The van der Waals surface area contributed by atoms with Crippen LogP contribution >= 0.6 is 0 Å². The van der Waals surface area contributed by atoms with Gasteiger partial charge in [-0.1, -0.05) is 30.3 Å². The summed E-state index contributed by atoms with van der Waals surface area (Å²) in [5, 5.41) is 11.8. The van der Waals surface area contributed by atoms with Gasteiger partial charge < -0.3 is 0 Å². The fourth-order valence-corrected chi connectivity index (χ4v) is 3.57. The predicted molar refractivity (Wildman–Crippen MR) is 99.5 cm³/mol. The van der Waals surface area contributed by atoms with E-state index in [1.165, 1.54) is 30.5 Å². The first kappa shape index (κ1) is 16.7. The van der Waals surface area contributed by atoms with E-state index in [0.717, 1.165) is 17.8 Å². The normalized spacial score (nSPS) is 21.6. The molecule has 0 aliphatic carbocycles. The van der Waals surface area contributed by atoms with Crippen LogP contribution < -0.4 is 0 Å². The van der Waals surface area contributed by atoms with Gasteiger partial charge in [0.05, 0.1) is 18.5 Å². The lowest BCUT2D eigenvalue weighted by Gasteiger charge is -2.36. The largest absolute Gasteiger partial charge is 0.292 e. The van der Waals surface area contributed by atoms with Crippen molar-refractivity contribution in [2.24, 2.45) is 5.10 Å². The Bertz CT molecular complexity index is 692. The molecule has 4 nitrogen and oxygen atoms in total. The van der Waals surface area contributed by atoms with Crippen LogP contribution in [-0.4, -0.2) is 33.1 Å². The van der Waals surface area contributed by atoms with E-state index in [-0.39, 0.29) is 0 Å². The molecule has 2 aromatic rings. The molecule has 0 unspecified atom stereocenters. The Kier molecular flexibility index (Phi) is 5.03. The average Bonchev–Trinajstić information content (AvgIpc) is 2.82. The highest BCUT2D eigenvalue weighted by Crippen LogP contribution is 2.23. The second-order valence-corrected chi connectivity index (χ2v) is 6.98. The first-order chi connectivity index (χ1) is 11.6. The number of aromatic nitrogens is 2. The number of benzene rings is 1. The molecular formula is C20H28N4. The number of piperidine rings is 1. The van der Waals surface area contributed by atoms with Gasteiger partial charge in [0.2, 0.25) is 0 Å². The topological polar surface area (TPSA) is 33.4 Å². The van der Waals surface area contributed by atoms with Gasteiger partial charge in [0.1, 0.15) is 0 Å². The monoisotopic (exact) mass is 324 g/mol. The van der Waals surface area contributed by atoms with Gasteiger partial charge in [-0.15, -0.1) is 0 Å². The number of rotatable bonds is 4. The zero-order chi connectivity index (χ0) is 17.1. The van der Waals surface area contributed by atoms with Crippen molar-refractivity contribution < 1.29 is 0 Å². The van der Waals surface area contributed by atoms with Crippen LogP contribution in [0, 0.1) is 13.8 Å². The molecule has 4 heteroatoms. The summed E-state index contributed by atoms with van der Waals surface area (Å²) in [4.78, 5) is 0. The van der Waals surface area contributed by atoms with E-state index < -0.39 is 0 Å². The molecule has 2 heterocycles. The van der Waals surface area contributed by atoms with E-state index in [0.29, 0.717) is 12.1 Å². The number of hydrogen-bond donors (Lipinski definition) is 0. The van der Waals surface area contributed by atoms with Crippen molar-refractivity contribution in [2.45, 2.75) is 65.6 Å². The van der Waals surface area contributed by atoms with Crippen LogP contribution in [0.4, 0.5) is 0 Å². The van der Waals surface area contributed by atoms with E-state index in [1.54, 1.807) is 0 Å². The van der Waals surface area contributed by atoms with Gasteiger partial charge in [0, 0.05) is 23.3 Å². The van der Waals surface area contributed by atoms with Crippen molar-refractivity contribution in [1.82, 2.24) is 14.8 Å². The molecule has 1 fully saturated rings. The highest BCUT2D eigenvalue weighted by molar-refractivity contribution is 5.82. The molecule has 0 amide bonds. The van der Waals surface area contributed by atoms with E-state index in [9.17, 15) is 0 Å². The lowest BCUT2D eigenvalue weighted by atomic mass is 10.00. The van der Waals surface area contributed by atoms with E-state index in [2.05, 4.69) is 61.7 Å². The van der Waals surface area contributed by atoms with Gasteiger partial charge in [0.15, 0.2) is 0 Å². The van der Waals surface area contributed by atoms with Gasteiger partial charge in [-0.25, -0.2) is 0 Å². The summed E-state index contributed by atoms with van der Waals surface area (Å²) in [6.45, 7) is 9.54. The van der Waals surface area contributed by atoms with Crippen LogP contribution in [-0.2, 0) is 6.54 Å². The number of hydrazone groups is 1. The van der Waals surface area contributed by atoms with Gasteiger partial charge in [-0.05, 0) is 52.5 Å². The summed E-state index contributed by atoms with van der Waals surface area (Å²) in [7, 11) is 0. The first-order valence-corrected chi connectivity index (χ1v) is 8.96. The number of hydrogen-bond acceptors (Lipinski definition) is 3. The summed E-state index contributed by atoms with van der Waals surface area (Å²) in [6, 6.07) is 11.5. The quantitative estimate of drug-likeness (QED) is 0.792. The minimum atomic E-state index is 0.518. The fourth-order valence-electron chi connectivity index (χ4n) is 3.57. The molecule has 1 aliphatic rings. The average molecular weight is 324 g/mol. The molecule has 3 rings (SSSR count). The van der Waals surface area contributed by atoms with E-state index in [4.69, 9.17) is 10.2 Å². The maximum absolute atomic E-state index is 4.81. The zero-order valence-corrected chi connectivity index (χ0v) is 15.2. The zero-order valence-electron chi connectivity index (χ0n) is 15.2. The van der Waals surface area contributed by atoms with Crippen molar-refractivity contribution >= 4 is 6.21 Å². The third-order valence-electron chi connectivity index (χ3n) is 5.08. The molecule has 128 valence electrons. The summed E-state index contributed by atoms with van der Waals surface area (Å²) < 4.78 is 2.08. The Balaban J connectivity index is 1.80. The van der Waals surface area contributed by atoms with Gasteiger partial charge >= 0.3 is 0 Å². The Morgan fingerprint density at radius 1 is 1.12 bits per heavy atom. The molecular weight excluding hydrogens is 296 g/mol. The van der Waals surface area contributed by atoms with Gasteiger partial charge in [0.25, 0.3) is 0 Å². The number of aryl methyl sites for hydroxylation is 1. The minimum Gasteiger partial charge on any atom is -0.292 e. The molecule has 1 aromatic carbocycles. The lowest BCUT2D eigenvalue weighted by molar-refractivity contribution is 0.109. The SMILES string of the molecule is Cc1nn(Cc2ccccc2)c(C)c1/C=N\N1[C@H](C)CCC[C@H]1C. The maximum atomic E-state index is 4.81. The number of nitrogens with zero attached hydrogens (tertiary/aromatic N) is 4. The van der Waals surface area contributed by atoms with Crippen molar-refractivity contribution in [3.63, 3.8) is 0 Å². The van der Waals surface area contributed by atoms with Crippen LogP contribution in [0.5, 0.6) is 0 Å². The molecule has 0 bridgehead atoms. The van der Waals surface area contributed by atoms with Crippen LogP contribution in [0.25, 0.3) is 0 Å². The molecule has 1 saturated heterocycles. The standard InChI is InChI=1S/C20H28N4/c1-15-9-8-10-16(2)24(15)21-13-20-17(3)22-23(18(20)4)14-19-11-6-5-7-12-19/h5-7,11-13,15-16H,8-10,14H2,1-4H3/b21-13-/t15-,16-/m1/s1. The van der Waals surface area contributed by atoms with E-state index >= 15 is 0 Å². The summed E-state index contributed by atoms with van der Waals surface area (Å²) in [5.74, 6) is 0. The molecule has 0 saturated carbocycles. The second-order valence-electron chi connectivity index (χ2n) is 6.98. The van der Waals surface area contributed by atoms with Crippen LogP contribution in [0.2, 0.25) is 0 Å². The Morgan fingerprint density at radius 3 is 2.46 bits per heavy atom. The molecule has 0 radical (unpaired) electrons. The van der Waals surface area contributed by atoms with Crippen molar-refractivity contribution in [3.8, 4) is 0 Å². The smallest absolute Gasteiger partial charge is 0.0685 e. The Morgan fingerprint density at radius 2 is 1.79 bits per heavy atom. The molecule has 24 heavy (non-hydrogen) atoms. The maximum Gasteiger partial charge on any atom is 0.0685 e. The molecule has 1 aliphatic heterocycles. The van der Waals surface area contributed by atoms with Gasteiger partial charge in [-0.3, -0.25) is 9.69 Å². The fraction of sp³-hybridized carbons (Fsp3) is 0.500. The van der Waals surface area contributed by atoms with Crippen molar-refractivity contribution in [1.29, 1.82) is 0 Å². The summed E-state index contributed by atoms with van der Waals surface area (Å²) >= 11 is 0. The lowest BCUT2D eigenvalue weighted by Crippen LogP contribution is -2.39. The summed E-state index contributed by atoms with van der Waals surface area (Å²) in [6.07, 6.45) is 5.78. The molecule has 2 atom stereocenters. The molecule has 0 spiro atoms. The minimum absolute atomic E-state index is 0.518. The van der Waals surface area contributed by atoms with Crippen LogP contribution in [0.3, 0.4) is 0 Å². The van der Waals surface area contributed by atoms with E-state index in [1.807, 2.05) is 12.3 Å². The second kappa shape index (κ2) is 7.20. The predicted octanol–water partition coefficient (Wildman–Crippen LogP) is 4.15. The van der Waals surface area contributed by atoms with Crippen molar-refractivity contribution in [3.05, 3.63) is 52.8 Å². The highest BCUT2D eigenvalue weighted by Gasteiger charge is 2.23. The van der Waals surface area contributed by atoms with Crippen LogP contribution in [0.1, 0.15) is 55.6 Å². The summed E-state index contributed by atoms with van der Waals surface area (Å²) in [5.41, 5.74) is 4.64. The molecule has 0 N–H and O–H groups in total. The van der Waals surface area contributed by atoms with Crippen molar-refractivity contribution in [2.75, 3.05) is 0 Å². The first-order valence-electron chi connectivity index (χ1n) is 8.96. The highest BCUT2D eigenvalue weighted by atomic mass is 15.5. The third-order valence-corrected chi connectivity index (χ3v) is 5.08. The molecule has 1 aromatic heterocycles. The van der Waals surface area contributed by atoms with Crippen LogP contribution in [0.15, 0.2) is 35.4 Å². The van der Waals surface area contributed by atoms with Gasteiger partial charge in [-0.2, -0.15) is 10.2 Å². The Hall–Kier alpha value is -2.10. The third kappa shape index (κ3) is 3.53. The Labute approximate surface area is 145 Å².